The highest BCUT2D eigenvalue weighted by molar-refractivity contribution is 7.99. The Labute approximate surface area is 124 Å². The molecule has 4 nitrogen and oxygen atoms in total. The van der Waals surface area contributed by atoms with Gasteiger partial charge in [-0.2, -0.15) is 16.9 Å². The van der Waals surface area contributed by atoms with Crippen LogP contribution >= 0.6 is 11.8 Å². The largest absolute Gasteiger partial charge is 0.297 e. The van der Waals surface area contributed by atoms with Gasteiger partial charge < -0.3 is 0 Å². The zero-order valence-corrected chi connectivity index (χ0v) is 12.9. The SMILES string of the molecule is CN1CCSCC1C(=O)Cc1ccn(C2CCCC2)n1. The predicted molar refractivity (Wildman–Crippen MR) is 82.2 cm³/mol. The second-order valence-corrected chi connectivity index (χ2v) is 7.09. The fourth-order valence-corrected chi connectivity index (χ4v) is 4.41. The highest BCUT2D eigenvalue weighted by Crippen LogP contribution is 2.28. The Balaban J connectivity index is 1.60. The van der Waals surface area contributed by atoms with Crippen molar-refractivity contribution in [3.05, 3.63) is 18.0 Å². The van der Waals surface area contributed by atoms with Gasteiger partial charge in [0.25, 0.3) is 0 Å². The third-order valence-electron chi connectivity index (χ3n) is 4.49. The van der Waals surface area contributed by atoms with Crippen molar-refractivity contribution in [2.45, 2.75) is 44.2 Å². The van der Waals surface area contributed by atoms with Crippen molar-refractivity contribution >= 4 is 17.5 Å². The van der Waals surface area contributed by atoms with Crippen LogP contribution in [0.3, 0.4) is 0 Å². The smallest absolute Gasteiger partial charge is 0.156 e. The summed E-state index contributed by atoms with van der Waals surface area (Å²) in [4.78, 5) is 14.6. The minimum atomic E-state index is 0.0744. The van der Waals surface area contributed by atoms with Gasteiger partial charge in [-0.1, -0.05) is 12.8 Å². The number of hydrogen-bond acceptors (Lipinski definition) is 4. The van der Waals surface area contributed by atoms with Crippen LogP contribution in [0.2, 0.25) is 0 Å². The van der Waals surface area contributed by atoms with E-state index in [1.165, 1.54) is 25.7 Å². The van der Waals surface area contributed by atoms with E-state index in [1.807, 2.05) is 17.8 Å². The molecule has 0 bridgehead atoms. The molecule has 0 radical (unpaired) electrons. The number of nitrogens with zero attached hydrogens (tertiary/aromatic N) is 3. The molecule has 0 amide bonds. The lowest BCUT2D eigenvalue weighted by molar-refractivity contribution is -0.122. The number of hydrogen-bond donors (Lipinski definition) is 0. The van der Waals surface area contributed by atoms with Crippen molar-refractivity contribution in [3.63, 3.8) is 0 Å². The van der Waals surface area contributed by atoms with E-state index >= 15 is 0 Å². The first-order valence-corrected chi connectivity index (χ1v) is 8.74. The Hall–Kier alpha value is -0.810. The molecule has 20 heavy (non-hydrogen) atoms. The molecule has 0 spiro atoms. The van der Waals surface area contributed by atoms with Crippen LogP contribution < -0.4 is 0 Å². The number of carbonyl (C=O) groups is 1. The summed E-state index contributed by atoms with van der Waals surface area (Å²) in [5, 5.41) is 4.62. The second-order valence-electron chi connectivity index (χ2n) is 5.94. The van der Waals surface area contributed by atoms with Gasteiger partial charge in [0.15, 0.2) is 5.78 Å². The summed E-state index contributed by atoms with van der Waals surface area (Å²) >= 11 is 1.88. The maximum Gasteiger partial charge on any atom is 0.156 e. The standard InChI is InChI=1S/C15H23N3OS/c1-17-8-9-20-11-14(17)15(19)10-12-6-7-18(16-12)13-4-2-3-5-13/h6-7,13-14H,2-5,8-11H2,1H3. The number of carbonyl (C=O) groups excluding carboxylic acids is 1. The topological polar surface area (TPSA) is 38.1 Å². The molecule has 1 aromatic rings. The predicted octanol–water partition coefficient (Wildman–Crippen LogP) is 2.16. The van der Waals surface area contributed by atoms with E-state index in [2.05, 4.69) is 27.9 Å². The Morgan fingerprint density at radius 3 is 3.00 bits per heavy atom. The maximum absolute atomic E-state index is 12.4. The van der Waals surface area contributed by atoms with Gasteiger partial charge in [0, 0.05) is 24.2 Å². The highest BCUT2D eigenvalue weighted by atomic mass is 32.2. The van der Waals surface area contributed by atoms with Crippen molar-refractivity contribution in [2.75, 3.05) is 25.1 Å². The minimum absolute atomic E-state index is 0.0744. The molecule has 3 rings (SSSR count). The molecule has 5 heteroatoms. The zero-order chi connectivity index (χ0) is 13.9. The molecule has 1 saturated carbocycles. The number of aromatic nitrogens is 2. The van der Waals surface area contributed by atoms with E-state index in [4.69, 9.17) is 0 Å². The fraction of sp³-hybridized carbons (Fsp3) is 0.733. The van der Waals surface area contributed by atoms with Crippen LogP contribution in [0, 0.1) is 0 Å². The molecule has 1 unspecified atom stereocenters. The van der Waals surface area contributed by atoms with Crippen LogP contribution in [0.1, 0.15) is 37.4 Å². The summed E-state index contributed by atoms with van der Waals surface area (Å²) in [6.45, 7) is 1.01. The van der Waals surface area contributed by atoms with E-state index in [0.29, 0.717) is 18.2 Å². The second kappa shape index (κ2) is 6.31. The van der Waals surface area contributed by atoms with Crippen LogP contribution in [0.4, 0.5) is 0 Å². The van der Waals surface area contributed by atoms with Gasteiger partial charge in [-0.05, 0) is 26.0 Å². The van der Waals surface area contributed by atoms with E-state index < -0.39 is 0 Å². The fourth-order valence-electron chi connectivity index (χ4n) is 3.17. The Kier molecular flexibility index (Phi) is 4.46. The van der Waals surface area contributed by atoms with Gasteiger partial charge in [-0.3, -0.25) is 14.4 Å². The average molecular weight is 293 g/mol. The maximum atomic E-state index is 12.4. The summed E-state index contributed by atoms with van der Waals surface area (Å²) in [7, 11) is 2.05. The first-order chi connectivity index (χ1) is 9.74. The molecule has 1 atom stereocenters. The van der Waals surface area contributed by atoms with Crippen LogP contribution in [0.25, 0.3) is 0 Å². The zero-order valence-electron chi connectivity index (χ0n) is 12.1. The normalized spacial score (nSPS) is 25.1. The van der Waals surface area contributed by atoms with Crippen LogP contribution in [-0.2, 0) is 11.2 Å². The number of rotatable bonds is 4. The van der Waals surface area contributed by atoms with Crippen molar-refractivity contribution < 1.29 is 4.79 Å². The number of Topliss-reactive ketones (excluding diaryl/α,β-unsaturated/α-hetero) is 1. The molecule has 1 aromatic heterocycles. The minimum Gasteiger partial charge on any atom is -0.297 e. The summed E-state index contributed by atoms with van der Waals surface area (Å²) in [5.74, 6) is 2.38. The van der Waals surface area contributed by atoms with Crippen molar-refractivity contribution in [3.8, 4) is 0 Å². The summed E-state index contributed by atoms with van der Waals surface area (Å²) in [6, 6.07) is 2.66. The van der Waals surface area contributed by atoms with E-state index in [1.54, 1.807) is 0 Å². The van der Waals surface area contributed by atoms with Crippen molar-refractivity contribution in [1.29, 1.82) is 0 Å². The Bertz CT molecular complexity index is 467. The molecule has 0 N–H and O–H groups in total. The quantitative estimate of drug-likeness (QED) is 0.852. The van der Waals surface area contributed by atoms with Gasteiger partial charge in [-0.15, -0.1) is 0 Å². The molecule has 1 aliphatic heterocycles. The first-order valence-electron chi connectivity index (χ1n) is 7.59. The molecular formula is C15H23N3OS. The lowest BCUT2D eigenvalue weighted by atomic mass is 10.1. The average Bonchev–Trinajstić information content (AvgIpc) is 3.09. The molecule has 1 aliphatic carbocycles. The summed E-state index contributed by atoms with van der Waals surface area (Å²) in [6.07, 6.45) is 7.62. The van der Waals surface area contributed by atoms with Crippen molar-refractivity contribution in [2.24, 2.45) is 0 Å². The number of thioether (sulfide) groups is 1. The molecule has 2 aliphatic rings. The van der Waals surface area contributed by atoms with E-state index in [0.717, 1.165) is 23.7 Å². The molecule has 1 saturated heterocycles. The lowest BCUT2D eigenvalue weighted by Gasteiger charge is -2.30. The monoisotopic (exact) mass is 293 g/mol. The van der Waals surface area contributed by atoms with Gasteiger partial charge in [-0.25, -0.2) is 0 Å². The molecule has 2 fully saturated rings. The molecule has 0 aromatic carbocycles. The number of ketones is 1. The third-order valence-corrected chi connectivity index (χ3v) is 5.51. The van der Waals surface area contributed by atoms with Gasteiger partial charge in [0.05, 0.1) is 24.2 Å². The Morgan fingerprint density at radius 2 is 2.25 bits per heavy atom. The van der Waals surface area contributed by atoms with Crippen molar-refractivity contribution in [1.82, 2.24) is 14.7 Å². The lowest BCUT2D eigenvalue weighted by Crippen LogP contribution is -2.45. The van der Waals surface area contributed by atoms with Crippen LogP contribution in [-0.4, -0.2) is 51.6 Å². The van der Waals surface area contributed by atoms with Gasteiger partial charge in [0.1, 0.15) is 0 Å². The third kappa shape index (κ3) is 3.09. The van der Waals surface area contributed by atoms with E-state index in [9.17, 15) is 4.79 Å². The summed E-state index contributed by atoms with van der Waals surface area (Å²) < 4.78 is 2.08. The number of likely N-dealkylation sites (N-methyl/N-ethyl adjacent to an activating group) is 1. The van der Waals surface area contributed by atoms with Crippen LogP contribution in [0.5, 0.6) is 0 Å². The van der Waals surface area contributed by atoms with Gasteiger partial charge in [0.2, 0.25) is 0 Å². The Morgan fingerprint density at radius 1 is 1.45 bits per heavy atom. The molecule has 2 heterocycles. The summed E-state index contributed by atoms with van der Waals surface area (Å²) in [5.41, 5.74) is 0.936. The molecule has 110 valence electrons. The highest BCUT2D eigenvalue weighted by Gasteiger charge is 2.27. The van der Waals surface area contributed by atoms with Gasteiger partial charge >= 0.3 is 0 Å². The molecular weight excluding hydrogens is 270 g/mol. The first kappa shape index (κ1) is 14.1. The van der Waals surface area contributed by atoms with Crippen LogP contribution in [0.15, 0.2) is 12.3 Å². The van der Waals surface area contributed by atoms with E-state index in [-0.39, 0.29) is 6.04 Å².